The average molecular weight is 297 g/mol. The van der Waals surface area contributed by atoms with Crippen molar-refractivity contribution < 1.29 is 0 Å². The molecule has 3 aromatic rings. The monoisotopic (exact) mass is 297 g/mol. The highest BCUT2D eigenvalue weighted by atomic mass is 15.1. The SMILES string of the molecule is CN(C)c1ccc2c(c1)C1c3ccccc3C2c2ccccc21. The van der Waals surface area contributed by atoms with Crippen LogP contribution in [0, 0.1) is 0 Å². The minimum absolute atomic E-state index is 0.377. The van der Waals surface area contributed by atoms with Gasteiger partial charge in [-0.1, -0.05) is 54.6 Å². The largest absolute Gasteiger partial charge is 0.378 e. The molecule has 0 saturated heterocycles. The molecular weight excluding hydrogens is 278 g/mol. The molecule has 23 heavy (non-hydrogen) atoms. The van der Waals surface area contributed by atoms with Crippen LogP contribution in [0.4, 0.5) is 5.69 Å². The molecule has 0 aliphatic heterocycles. The highest BCUT2D eigenvalue weighted by Gasteiger charge is 2.40. The summed E-state index contributed by atoms with van der Waals surface area (Å²) in [6, 6.07) is 24.9. The molecule has 0 N–H and O–H groups in total. The molecule has 1 nitrogen and oxygen atoms in total. The predicted octanol–water partition coefficient (Wildman–Crippen LogP) is 4.74. The summed E-state index contributed by atoms with van der Waals surface area (Å²) >= 11 is 0. The molecule has 3 aliphatic carbocycles. The van der Waals surface area contributed by atoms with E-state index in [1.807, 2.05) is 0 Å². The zero-order valence-corrected chi connectivity index (χ0v) is 13.5. The van der Waals surface area contributed by atoms with Crippen molar-refractivity contribution in [2.45, 2.75) is 11.8 Å². The van der Waals surface area contributed by atoms with E-state index in [2.05, 4.69) is 85.7 Å². The molecular formula is C22H19N. The van der Waals surface area contributed by atoms with Crippen molar-refractivity contribution in [1.29, 1.82) is 0 Å². The van der Waals surface area contributed by atoms with Crippen LogP contribution < -0.4 is 4.90 Å². The van der Waals surface area contributed by atoms with Crippen molar-refractivity contribution in [3.63, 3.8) is 0 Å². The maximum absolute atomic E-state index is 2.39. The van der Waals surface area contributed by atoms with Crippen LogP contribution in [0.15, 0.2) is 66.7 Å². The van der Waals surface area contributed by atoms with Crippen LogP contribution in [0.3, 0.4) is 0 Å². The summed E-state index contributed by atoms with van der Waals surface area (Å²) in [6.45, 7) is 0. The second kappa shape index (κ2) is 4.48. The molecule has 2 bridgehead atoms. The standard InChI is InChI=1S/C22H19N/c1-23(2)14-11-12-19-20(13-14)22-17-9-5-3-7-15(17)21(19)16-8-4-6-10-18(16)22/h3-13,21-22H,1-2H3. The van der Waals surface area contributed by atoms with Gasteiger partial charge in [0.25, 0.3) is 0 Å². The van der Waals surface area contributed by atoms with Gasteiger partial charge >= 0.3 is 0 Å². The Bertz CT molecular complexity index is 875. The van der Waals surface area contributed by atoms with Crippen LogP contribution in [-0.4, -0.2) is 14.1 Å². The van der Waals surface area contributed by atoms with Crippen LogP contribution >= 0.6 is 0 Å². The minimum atomic E-state index is 0.377. The second-order valence-corrected chi connectivity index (χ2v) is 6.83. The summed E-state index contributed by atoms with van der Waals surface area (Å²) < 4.78 is 0. The first-order valence-corrected chi connectivity index (χ1v) is 8.24. The van der Waals surface area contributed by atoms with Crippen LogP contribution in [0.5, 0.6) is 0 Å². The molecule has 6 rings (SSSR count). The van der Waals surface area contributed by atoms with Crippen molar-refractivity contribution in [1.82, 2.24) is 0 Å². The molecule has 0 atom stereocenters. The number of hydrogen-bond acceptors (Lipinski definition) is 1. The molecule has 0 amide bonds. The van der Waals surface area contributed by atoms with Crippen molar-refractivity contribution >= 4 is 5.69 Å². The summed E-state index contributed by atoms with van der Waals surface area (Å²) in [5.74, 6) is 0.765. The van der Waals surface area contributed by atoms with Crippen LogP contribution in [-0.2, 0) is 0 Å². The molecule has 0 radical (unpaired) electrons. The van der Waals surface area contributed by atoms with Crippen molar-refractivity contribution in [2.75, 3.05) is 19.0 Å². The zero-order chi connectivity index (χ0) is 15.6. The average Bonchev–Trinajstić information content (AvgIpc) is 2.60. The smallest absolute Gasteiger partial charge is 0.0364 e. The number of anilines is 1. The summed E-state index contributed by atoms with van der Waals surface area (Å²) in [7, 11) is 4.23. The number of rotatable bonds is 1. The van der Waals surface area contributed by atoms with Gasteiger partial charge in [-0.25, -0.2) is 0 Å². The Hall–Kier alpha value is -2.54. The first-order chi connectivity index (χ1) is 11.3. The third-order valence-electron chi connectivity index (χ3n) is 5.44. The Morgan fingerprint density at radius 2 is 1.00 bits per heavy atom. The van der Waals surface area contributed by atoms with Crippen molar-refractivity contribution in [3.05, 3.63) is 100 Å². The quantitative estimate of drug-likeness (QED) is 0.432. The number of nitrogens with zero attached hydrogens (tertiary/aromatic N) is 1. The van der Waals surface area contributed by atoms with Gasteiger partial charge in [-0.3, -0.25) is 0 Å². The molecule has 0 aromatic heterocycles. The first-order valence-electron chi connectivity index (χ1n) is 8.24. The third kappa shape index (κ3) is 1.62. The maximum atomic E-state index is 2.39. The van der Waals surface area contributed by atoms with E-state index in [9.17, 15) is 0 Å². The van der Waals surface area contributed by atoms with Gasteiger partial charge in [0.15, 0.2) is 0 Å². The molecule has 0 saturated carbocycles. The van der Waals surface area contributed by atoms with E-state index in [-0.39, 0.29) is 0 Å². The molecule has 0 spiro atoms. The molecule has 0 heterocycles. The molecule has 3 aliphatic rings. The number of benzene rings is 3. The lowest BCUT2D eigenvalue weighted by atomic mass is 9.61. The van der Waals surface area contributed by atoms with Crippen molar-refractivity contribution in [3.8, 4) is 0 Å². The summed E-state index contributed by atoms with van der Waals surface area (Å²) in [5.41, 5.74) is 10.2. The topological polar surface area (TPSA) is 3.24 Å². The maximum Gasteiger partial charge on any atom is 0.0364 e. The highest BCUT2D eigenvalue weighted by molar-refractivity contribution is 5.70. The Labute approximate surface area is 137 Å². The normalized spacial score (nSPS) is 19.7. The number of hydrogen-bond donors (Lipinski definition) is 0. The molecule has 1 heteroatoms. The lowest BCUT2D eigenvalue weighted by Crippen LogP contribution is -2.27. The fraction of sp³-hybridized carbons (Fsp3) is 0.182. The molecule has 0 fully saturated rings. The van der Waals surface area contributed by atoms with Crippen LogP contribution in [0.2, 0.25) is 0 Å². The molecule has 3 aromatic carbocycles. The predicted molar refractivity (Wildman–Crippen MR) is 95.5 cm³/mol. The van der Waals surface area contributed by atoms with E-state index in [4.69, 9.17) is 0 Å². The van der Waals surface area contributed by atoms with E-state index in [1.165, 1.54) is 39.1 Å². The summed E-state index contributed by atoms with van der Waals surface area (Å²) in [6.07, 6.45) is 0. The molecule has 112 valence electrons. The van der Waals surface area contributed by atoms with Crippen LogP contribution in [0.1, 0.15) is 45.2 Å². The van der Waals surface area contributed by atoms with Gasteiger partial charge in [0.2, 0.25) is 0 Å². The van der Waals surface area contributed by atoms with Crippen molar-refractivity contribution in [2.24, 2.45) is 0 Å². The Morgan fingerprint density at radius 3 is 1.48 bits per heavy atom. The molecule has 0 unspecified atom stereocenters. The van der Waals surface area contributed by atoms with E-state index >= 15 is 0 Å². The highest BCUT2D eigenvalue weighted by Crippen LogP contribution is 2.55. The summed E-state index contributed by atoms with van der Waals surface area (Å²) in [4.78, 5) is 2.19. The van der Waals surface area contributed by atoms with E-state index in [0.717, 1.165) is 0 Å². The minimum Gasteiger partial charge on any atom is -0.378 e. The fourth-order valence-corrected chi connectivity index (χ4v) is 4.43. The van der Waals surface area contributed by atoms with E-state index in [1.54, 1.807) is 0 Å². The summed E-state index contributed by atoms with van der Waals surface area (Å²) in [5, 5.41) is 0. The Kier molecular flexibility index (Phi) is 2.52. The van der Waals surface area contributed by atoms with Gasteiger partial charge in [-0.05, 0) is 45.5 Å². The Morgan fingerprint density at radius 1 is 0.565 bits per heavy atom. The van der Waals surface area contributed by atoms with E-state index < -0.39 is 0 Å². The van der Waals surface area contributed by atoms with Gasteiger partial charge in [0.05, 0.1) is 0 Å². The lowest BCUT2D eigenvalue weighted by Gasteiger charge is -2.42. The van der Waals surface area contributed by atoms with Crippen LogP contribution in [0.25, 0.3) is 0 Å². The van der Waals surface area contributed by atoms with Gasteiger partial charge in [0.1, 0.15) is 0 Å². The van der Waals surface area contributed by atoms with Gasteiger partial charge in [-0.2, -0.15) is 0 Å². The van der Waals surface area contributed by atoms with Gasteiger partial charge < -0.3 is 4.90 Å². The fourth-order valence-electron chi connectivity index (χ4n) is 4.43. The Balaban J connectivity index is 1.84. The second-order valence-electron chi connectivity index (χ2n) is 6.83. The van der Waals surface area contributed by atoms with E-state index in [0.29, 0.717) is 11.8 Å². The van der Waals surface area contributed by atoms with Gasteiger partial charge in [0, 0.05) is 31.6 Å². The zero-order valence-electron chi connectivity index (χ0n) is 13.5. The first kappa shape index (κ1) is 13.0. The third-order valence-corrected chi connectivity index (χ3v) is 5.44. The van der Waals surface area contributed by atoms with Gasteiger partial charge in [-0.15, -0.1) is 0 Å². The lowest BCUT2D eigenvalue weighted by molar-refractivity contribution is 0.754.